The van der Waals surface area contributed by atoms with E-state index >= 15 is 0 Å². The van der Waals surface area contributed by atoms with Gasteiger partial charge in [0, 0.05) is 13.1 Å². The van der Waals surface area contributed by atoms with Crippen molar-refractivity contribution in [1.29, 1.82) is 0 Å². The summed E-state index contributed by atoms with van der Waals surface area (Å²) in [6, 6.07) is 15.3. The van der Waals surface area contributed by atoms with Crippen LogP contribution in [0.25, 0.3) is 0 Å². The maximum Gasteiger partial charge on any atom is 0.191 e. The molecular formula is C22H31N3O3. The molecule has 0 saturated carbocycles. The average Bonchev–Trinajstić information content (AvgIpc) is 2.70. The molecule has 1 atom stereocenters. The van der Waals surface area contributed by atoms with Crippen LogP contribution in [0.15, 0.2) is 53.5 Å². The number of nitrogens with zero attached hydrogens (tertiary/aromatic N) is 1. The zero-order chi connectivity index (χ0) is 20.4. The van der Waals surface area contributed by atoms with Crippen molar-refractivity contribution in [1.82, 2.24) is 10.6 Å². The summed E-state index contributed by atoms with van der Waals surface area (Å²) in [7, 11) is 1.65. The van der Waals surface area contributed by atoms with Crippen molar-refractivity contribution in [3.05, 3.63) is 59.7 Å². The molecule has 1 unspecified atom stereocenters. The Labute approximate surface area is 167 Å². The van der Waals surface area contributed by atoms with Crippen LogP contribution >= 0.6 is 0 Å². The summed E-state index contributed by atoms with van der Waals surface area (Å²) < 4.78 is 10.8. The van der Waals surface area contributed by atoms with Gasteiger partial charge in [0.05, 0.1) is 25.9 Å². The molecule has 0 spiro atoms. The molecule has 28 heavy (non-hydrogen) atoms. The third-order valence-electron chi connectivity index (χ3n) is 4.02. The summed E-state index contributed by atoms with van der Waals surface area (Å²) in [5.41, 5.74) is 1.91. The Morgan fingerprint density at radius 2 is 1.64 bits per heavy atom. The van der Waals surface area contributed by atoms with Crippen LogP contribution in [0.2, 0.25) is 0 Å². The summed E-state index contributed by atoms with van der Waals surface area (Å²) in [5.74, 6) is 2.29. The van der Waals surface area contributed by atoms with Crippen molar-refractivity contribution < 1.29 is 14.6 Å². The van der Waals surface area contributed by atoms with E-state index in [0.29, 0.717) is 19.0 Å². The van der Waals surface area contributed by atoms with Crippen LogP contribution in [-0.4, -0.2) is 37.4 Å². The van der Waals surface area contributed by atoms with Gasteiger partial charge >= 0.3 is 0 Å². The number of ether oxygens (including phenoxy) is 2. The topological polar surface area (TPSA) is 75.1 Å². The maximum absolute atomic E-state index is 10.5. The van der Waals surface area contributed by atoms with Gasteiger partial charge in [-0.3, -0.25) is 0 Å². The average molecular weight is 386 g/mol. The lowest BCUT2D eigenvalue weighted by Gasteiger charge is -2.16. The van der Waals surface area contributed by atoms with Crippen molar-refractivity contribution >= 4 is 5.96 Å². The Morgan fingerprint density at radius 1 is 1.00 bits per heavy atom. The SMILES string of the molecule is CCNC(=NCc1ccc(OC)cc1)NCC(O)c1ccc(OC(C)C)cc1. The van der Waals surface area contributed by atoms with Crippen LogP contribution in [0.1, 0.15) is 38.0 Å². The van der Waals surface area contributed by atoms with E-state index in [0.717, 1.165) is 29.2 Å². The molecule has 0 radical (unpaired) electrons. The predicted octanol–water partition coefficient (Wildman–Crippen LogP) is 3.27. The molecule has 0 aliphatic rings. The van der Waals surface area contributed by atoms with Gasteiger partial charge in [0.15, 0.2) is 5.96 Å². The van der Waals surface area contributed by atoms with E-state index in [1.165, 1.54) is 0 Å². The number of benzene rings is 2. The van der Waals surface area contributed by atoms with Gasteiger partial charge in [-0.2, -0.15) is 0 Å². The van der Waals surface area contributed by atoms with Crippen molar-refractivity contribution in [2.45, 2.75) is 39.5 Å². The molecule has 6 heteroatoms. The fraction of sp³-hybridized carbons (Fsp3) is 0.409. The summed E-state index contributed by atoms with van der Waals surface area (Å²) in [5, 5.41) is 16.8. The van der Waals surface area contributed by atoms with Crippen LogP contribution in [0, 0.1) is 0 Å². The van der Waals surface area contributed by atoms with E-state index in [1.54, 1.807) is 7.11 Å². The third-order valence-corrected chi connectivity index (χ3v) is 4.02. The van der Waals surface area contributed by atoms with Gasteiger partial charge in [-0.25, -0.2) is 4.99 Å². The molecule has 152 valence electrons. The second-order valence-electron chi connectivity index (χ2n) is 6.68. The Balaban J connectivity index is 1.91. The number of aliphatic imine (C=N–C) groups is 1. The highest BCUT2D eigenvalue weighted by atomic mass is 16.5. The van der Waals surface area contributed by atoms with Gasteiger partial charge in [0.2, 0.25) is 0 Å². The maximum atomic E-state index is 10.5. The monoisotopic (exact) mass is 385 g/mol. The third kappa shape index (κ3) is 7.12. The van der Waals surface area contributed by atoms with E-state index in [9.17, 15) is 5.11 Å². The standard InChI is InChI=1S/C22H31N3O3/c1-5-23-22(24-14-17-6-10-19(27-4)11-7-17)25-15-21(26)18-8-12-20(13-9-18)28-16(2)3/h6-13,16,21,26H,5,14-15H2,1-4H3,(H2,23,24,25). The lowest BCUT2D eigenvalue weighted by Crippen LogP contribution is -2.39. The molecule has 2 aromatic rings. The van der Waals surface area contributed by atoms with Gasteiger partial charge < -0.3 is 25.2 Å². The number of nitrogens with one attached hydrogen (secondary N) is 2. The number of hydrogen-bond acceptors (Lipinski definition) is 4. The lowest BCUT2D eigenvalue weighted by atomic mass is 10.1. The van der Waals surface area contributed by atoms with Gasteiger partial charge in [-0.15, -0.1) is 0 Å². The molecule has 3 N–H and O–H groups in total. The van der Waals surface area contributed by atoms with Gasteiger partial charge in [-0.1, -0.05) is 24.3 Å². The smallest absolute Gasteiger partial charge is 0.191 e. The van der Waals surface area contributed by atoms with Crippen LogP contribution in [0.4, 0.5) is 0 Å². The molecule has 2 rings (SSSR count). The summed E-state index contributed by atoms with van der Waals surface area (Å²) >= 11 is 0. The number of hydrogen-bond donors (Lipinski definition) is 3. The highest BCUT2D eigenvalue weighted by Crippen LogP contribution is 2.18. The highest BCUT2D eigenvalue weighted by molar-refractivity contribution is 5.79. The zero-order valence-corrected chi connectivity index (χ0v) is 17.1. The van der Waals surface area contributed by atoms with Crippen molar-refractivity contribution in [2.75, 3.05) is 20.2 Å². The van der Waals surface area contributed by atoms with E-state index in [2.05, 4.69) is 15.6 Å². The molecule has 0 aromatic heterocycles. The lowest BCUT2D eigenvalue weighted by molar-refractivity contribution is 0.180. The number of aliphatic hydroxyl groups is 1. The zero-order valence-electron chi connectivity index (χ0n) is 17.1. The van der Waals surface area contributed by atoms with Crippen LogP contribution in [-0.2, 0) is 6.54 Å². The Kier molecular flexibility index (Phi) is 8.62. The molecule has 0 heterocycles. The number of rotatable bonds is 9. The molecule has 0 aliphatic carbocycles. The molecular weight excluding hydrogens is 354 g/mol. The van der Waals surface area contributed by atoms with Crippen molar-refractivity contribution in [2.24, 2.45) is 4.99 Å². The molecule has 0 saturated heterocycles. The van der Waals surface area contributed by atoms with E-state index in [-0.39, 0.29) is 6.10 Å². The molecule has 0 amide bonds. The van der Waals surface area contributed by atoms with E-state index in [4.69, 9.17) is 9.47 Å². The van der Waals surface area contributed by atoms with Gasteiger partial charge in [0.25, 0.3) is 0 Å². The Hall–Kier alpha value is -2.73. The summed E-state index contributed by atoms with van der Waals surface area (Å²) in [6.07, 6.45) is -0.514. The van der Waals surface area contributed by atoms with E-state index in [1.807, 2.05) is 69.3 Å². The first-order valence-corrected chi connectivity index (χ1v) is 9.61. The quantitative estimate of drug-likeness (QED) is 0.456. The van der Waals surface area contributed by atoms with Crippen LogP contribution in [0.3, 0.4) is 0 Å². The second-order valence-corrected chi connectivity index (χ2v) is 6.68. The molecule has 0 bridgehead atoms. The van der Waals surface area contributed by atoms with E-state index < -0.39 is 6.10 Å². The number of methoxy groups -OCH3 is 1. The molecule has 6 nitrogen and oxygen atoms in total. The fourth-order valence-corrected chi connectivity index (χ4v) is 2.59. The first-order chi connectivity index (χ1) is 13.5. The second kappa shape index (κ2) is 11.2. The fourth-order valence-electron chi connectivity index (χ4n) is 2.59. The first-order valence-electron chi connectivity index (χ1n) is 9.61. The normalized spacial score (nSPS) is 12.6. The van der Waals surface area contributed by atoms with Crippen molar-refractivity contribution in [3.63, 3.8) is 0 Å². The summed E-state index contributed by atoms with van der Waals surface area (Å²) in [6.45, 7) is 7.62. The molecule has 2 aromatic carbocycles. The number of aliphatic hydroxyl groups excluding tert-OH is 1. The highest BCUT2D eigenvalue weighted by Gasteiger charge is 2.09. The molecule has 0 fully saturated rings. The van der Waals surface area contributed by atoms with Crippen LogP contribution < -0.4 is 20.1 Å². The Bertz CT molecular complexity index is 728. The minimum absolute atomic E-state index is 0.127. The minimum Gasteiger partial charge on any atom is -0.497 e. The Morgan fingerprint density at radius 3 is 2.21 bits per heavy atom. The predicted molar refractivity (Wildman–Crippen MR) is 113 cm³/mol. The van der Waals surface area contributed by atoms with Gasteiger partial charge in [-0.05, 0) is 56.2 Å². The van der Waals surface area contributed by atoms with Crippen LogP contribution in [0.5, 0.6) is 11.5 Å². The summed E-state index contributed by atoms with van der Waals surface area (Å²) in [4.78, 5) is 4.57. The van der Waals surface area contributed by atoms with Gasteiger partial charge in [0.1, 0.15) is 11.5 Å². The first kappa shape index (κ1) is 21.6. The largest absolute Gasteiger partial charge is 0.497 e. The number of guanidine groups is 1. The molecule has 0 aliphatic heterocycles. The minimum atomic E-state index is -0.641. The van der Waals surface area contributed by atoms with Crippen molar-refractivity contribution in [3.8, 4) is 11.5 Å².